The Kier molecular flexibility index (Phi) is 9.78. The lowest BCUT2D eigenvalue weighted by Gasteiger charge is -2.11. The highest BCUT2D eigenvalue weighted by Crippen LogP contribution is 2.14. The van der Waals surface area contributed by atoms with E-state index in [4.69, 9.17) is 4.74 Å². The van der Waals surface area contributed by atoms with Gasteiger partial charge in [0.05, 0.1) is 13.7 Å². The summed E-state index contributed by atoms with van der Waals surface area (Å²) in [5, 5.41) is 6.70. The summed E-state index contributed by atoms with van der Waals surface area (Å²) in [7, 11) is 3.49. The fourth-order valence-electron chi connectivity index (χ4n) is 2.26. The summed E-state index contributed by atoms with van der Waals surface area (Å²) in [5.41, 5.74) is 1.32. The third-order valence-electron chi connectivity index (χ3n) is 3.54. The second-order valence-corrected chi connectivity index (χ2v) is 6.69. The first-order chi connectivity index (χ1) is 11.2. The first-order valence-electron chi connectivity index (χ1n) is 7.84. The third kappa shape index (κ3) is 7.09. The molecule has 0 saturated carbocycles. The molecule has 0 aliphatic rings. The molecule has 0 aliphatic heterocycles. The van der Waals surface area contributed by atoms with Gasteiger partial charge in [-0.3, -0.25) is 4.99 Å². The van der Waals surface area contributed by atoms with Crippen molar-refractivity contribution in [1.29, 1.82) is 0 Å². The number of aryl methyl sites for hydroxylation is 2. The zero-order valence-electron chi connectivity index (χ0n) is 14.5. The number of aliphatic imine (C=N–C) groups is 1. The third-order valence-corrected chi connectivity index (χ3v) is 4.54. The highest BCUT2D eigenvalue weighted by atomic mass is 127. The molecule has 24 heavy (non-hydrogen) atoms. The number of ether oxygens (including phenoxy) is 1. The minimum atomic E-state index is 0. The van der Waals surface area contributed by atoms with Crippen molar-refractivity contribution in [2.24, 2.45) is 4.99 Å². The fourth-order valence-corrected chi connectivity index (χ4v) is 3.09. The predicted molar refractivity (Wildman–Crippen MR) is 114 cm³/mol. The van der Waals surface area contributed by atoms with Crippen molar-refractivity contribution in [1.82, 2.24) is 10.6 Å². The summed E-state index contributed by atoms with van der Waals surface area (Å²) in [6, 6.07) is 12.5. The lowest BCUT2D eigenvalue weighted by molar-refractivity contribution is 0.414. The van der Waals surface area contributed by atoms with E-state index < -0.39 is 0 Å². The van der Waals surface area contributed by atoms with Crippen LogP contribution in [0.1, 0.15) is 21.7 Å². The van der Waals surface area contributed by atoms with E-state index >= 15 is 0 Å². The zero-order chi connectivity index (χ0) is 16.5. The Hall–Kier alpha value is -1.28. The average Bonchev–Trinajstić information content (AvgIpc) is 3.00. The van der Waals surface area contributed by atoms with Gasteiger partial charge < -0.3 is 15.4 Å². The van der Waals surface area contributed by atoms with Crippen molar-refractivity contribution in [3.05, 3.63) is 51.7 Å². The topological polar surface area (TPSA) is 45.7 Å². The fraction of sp³-hybridized carbons (Fsp3) is 0.389. The number of thiophene rings is 1. The van der Waals surface area contributed by atoms with Gasteiger partial charge in [-0.05, 0) is 49.6 Å². The molecular weight excluding hydrogens is 433 g/mol. The Labute approximate surface area is 165 Å². The van der Waals surface area contributed by atoms with Crippen molar-refractivity contribution in [3.8, 4) is 5.75 Å². The highest BCUT2D eigenvalue weighted by Gasteiger charge is 2.00. The maximum atomic E-state index is 5.17. The molecule has 132 valence electrons. The van der Waals surface area contributed by atoms with Crippen molar-refractivity contribution in [2.75, 3.05) is 20.7 Å². The highest BCUT2D eigenvalue weighted by molar-refractivity contribution is 14.0. The molecule has 0 aliphatic carbocycles. The second kappa shape index (κ2) is 11.3. The predicted octanol–water partition coefficient (Wildman–Crippen LogP) is 3.98. The van der Waals surface area contributed by atoms with Crippen LogP contribution >= 0.6 is 35.3 Å². The van der Waals surface area contributed by atoms with Gasteiger partial charge in [-0.2, -0.15) is 0 Å². The maximum Gasteiger partial charge on any atom is 0.191 e. The van der Waals surface area contributed by atoms with Crippen molar-refractivity contribution >= 4 is 41.3 Å². The molecule has 2 aromatic rings. The maximum absolute atomic E-state index is 5.17. The molecule has 1 aromatic carbocycles. The van der Waals surface area contributed by atoms with Gasteiger partial charge in [0.25, 0.3) is 0 Å². The summed E-state index contributed by atoms with van der Waals surface area (Å²) >= 11 is 1.81. The van der Waals surface area contributed by atoms with Crippen LogP contribution in [0.4, 0.5) is 0 Å². The summed E-state index contributed by atoms with van der Waals surface area (Å²) in [4.78, 5) is 6.92. The largest absolute Gasteiger partial charge is 0.497 e. The van der Waals surface area contributed by atoms with E-state index in [1.165, 1.54) is 15.3 Å². The normalized spacial score (nSPS) is 10.9. The monoisotopic (exact) mass is 459 g/mol. The molecule has 0 atom stereocenters. The SMILES string of the molecule is CN=C(NCCCc1ccc(OC)cc1)NCc1ccc(C)s1.I. The Morgan fingerprint density at radius 1 is 1.12 bits per heavy atom. The number of nitrogens with one attached hydrogen (secondary N) is 2. The average molecular weight is 459 g/mol. The summed E-state index contributed by atoms with van der Waals surface area (Å²) in [5.74, 6) is 1.76. The van der Waals surface area contributed by atoms with Gasteiger partial charge in [-0.1, -0.05) is 12.1 Å². The van der Waals surface area contributed by atoms with Gasteiger partial charge >= 0.3 is 0 Å². The minimum Gasteiger partial charge on any atom is -0.497 e. The van der Waals surface area contributed by atoms with Crippen LogP contribution in [0.3, 0.4) is 0 Å². The van der Waals surface area contributed by atoms with Crippen LogP contribution in [0.25, 0.3) is 0 Å². The van der Waals surface area contributed by atoms with E-state index in [0.29, 0.717) is 0 Å². The lowest BCUT2D eigenvalue weighted by Crippen LogP contribution is -2.37. The number of hydrogen-bond donors (Lipinski definition) is 2. The Balaban J connectivity index is 0.00000288. The zero-order valence-corrected chi connectivity index (χ0v) is 17.6. The number of rotatable bonds is 7. The molecule has 2 rings (SSSR count). The Morgan fingerprint density at radius 3 is 2.46 bits per heavy atom. The molecule has 0 bridgehead atoms. The van der Waals surface area contributed by atoms with Gasteiger partial charge in [-0.25, -0.2) is 0 Å². The van der Waals surface area contributed by atoms with Crippen LogP contribution in [0.15, 0.2) is 41.4 Å². The first kappa shape index (κ1) is 20.8. The number of guanidine groups is 1. The number of methoxy groups -OCH3 is 1. The van der Waals surface area contributed by atoms with Gasteiger partial charge in [0.15, 0.2) is 5.96 Å². The molecule has 6 heteroatoms. The molecule has 4 nitrogen and oxygen atoms in total. The molecule has 0 radical (unpaired) electrons. The van der Waals surface area contributed by atoms with Crippen LogP contribution < -0.4 is 15.4 Å². The van der Waals surface area contributed by atoms with E-state index in [1.807, 2.05) is 23.5 Å². The Bertz CT molecular complexity index is 625. The molecule has 0 unspecified atom stereocenters. The van der Waals surface area contributed by atoms with E-state index in [1.54, 1.807) is 14.2 Å². The Morgan fingerprint density at radius 2 is 1.88 bits per heavy atom. The molecular formula is C18H26IN3OS. The van der Waals surface area contributed by atoms with Crippen molar-refractivity contribution in [2.45, 2.75) is 26.3 Å². The van der Waals surface area contributed by atoms with E-state index in [2.05, 4.69) is 46.8 Å². The number of halogens is 1. The molecule has 1 heterocycles. The molecule has 0 fully saturated rings. The van der Waals surface area contributed by atoms with E-state index in [9.17, 15) is 0 Å². The summed E-state index contributed by atoms with van der Waals surface area (Å²) < 4.78 is 5.17. The summed E-state index contributed by atoms with van der Waals surface area (Å²) in [6.45, 7) is 3.84. The van der Waals surface area contributed by atoms with Crippen LogP contribution in [0, 0.1) is 6.92 Å². The number of nitrogens with zero attached hydrogens (tertiary/aromatic N) is 1. The standard InChI is InChI=1S/C18H25N3OS.HI/c1-14-6-11-17(23-14)13-21-18(19-2)20-12-4-5-15-7-9-16(22-3)10-8-15;/h6-11H,4-5,12-13H2,1-3H3,(H2,19,20,21);1H. The molecule has 2 N–H and O–H groups in total. The molecule has 0 amide bonds. The minimum absolute atomic E-state index is 0. The van der Waals surface area contributed by atoms with E-state index in [-0.39, 0.29) is 24.0 Å². The van der Waals surface area contributed by atoms with Crippen molar-refractivity contribution in [3.63, 3.8) is 0 Å². The molecule has 0 spiro atoms. The lowest BCUT2D eigenvalue weighted by atomic mass is 10.1. The number of hydrogen-bond acceptors (Lipinski definition) is 3. The molecule has 0 saturated heterocycles. The van der Waals surface area contributed by atoms with Crippen LogP contribution in [-0.2, 0) is 13.0 Å². The second-order valence-electron chi connectivity index (χ2n) is 5.32. The van der Waals surface area contributed by atoms with Crippen LogP contribution in [0.5, 0.6) is 5.75 Å². The van der Waals surface area contributed by atoms with Gasteiger partial charge in [-0.15, -0.1) is 35.3 Å². The summed E-state index contributed by atoms with van der Waals surface area (Å²) in [6.07, 6.45) is 2.10. The van der Waals surface area contributed by atoms with Crippen LogP contribution in [0.2, 0.25) is 0 Å². The molecule has 1 aromatic heterocycles. The first-order valence-corrected chi connectivity index (χ1v) is 8.65. The van der Waals surface area contributed by atoms with Crippen molar-refractivity contribution < 1.29 is 4.74 Å². The van der Waals surface area contributed by atoms with Gasteiger partial charge in [0.1, 0.15) is 5.75 Å². The quantitative estimate of drug-likeness (QED) is 0.285. The van der Waals surface area contributed by atoms with Gasteiger partial charge in [0.2, 0.25) is 0 Å². The van der Waals surface area contributed by atoms with Gasteiger partial charge in [0, 0.05) is 23.3 Å². The number of benzene rings is 1. The van der Waals surface area contributed by atoms with Crippen LogP contribution in [-0.4, -0.2) is 26.7 Å². The van der Waals surface area contributed by atoms with E-state index in [0.717, 1.165) is 37.6 Å². The smallest absolute Gasteiger partial charge is 0.191 e.